The van der Waals surface area contributed by atoms with Gasteiger partial charge in [0.1, 0.15) is 11.7 Å². The predicted molar refractivity (Wildman–Crippen MR) is 58.2 cm³/mol. The van der Waals surface area contributed by atoms with E-state index < -0.39 is 11.9 Å². The third-order valence-electron chi connectivity index (χ3n) is 2.05. The van der Waals surface area contributed by atoms with Crippen molar-refractivity contribution in [2.24, 2.45) is 5.41 Å². The summed E-state index contributed by atoms with van der Waals surface area (Å²) in [4.78, 5) is 11.1. The molecule has 0 aliphatic carbocycles. The van der Waals surface area contributed by atoms with Gasteiger partial charge in [-0.15, -0.1) is 0 Å². The predicted octanol–water partition coefficient (Wildman–Crippen LogP) is 3.54. The minimum Gasteiger partial charge on any atom is -0.481 e. The highest BCUT2D eigenvalue weighted by atomic mass is 35.5. The Morgan fingerprint density at radius 1 is 1.53 bits per heavy atom. The largest absolute Gasteiger partial charge is 0.481 e. The number of carbonyl (C=O) groups is 1. The van der Waals surface area contributed by atoms with E-state index in [0.29, 0.717) is 12.2 Å². The molecule has 0 saturated heterocycles. The van der Waals surface area contributed by atoms with Gasteiger partial charge in [-0.25, -0.2) is 0 Å². The number of halogens is 1. The van der Waals surface area contributed by atoms with Gasteiger partial charge < -0.3 is 9.52 Å². The van der Waals surface area contributed by atoms with E-state index in [1.807, 2.05) is 20.8 Å². The molecule has 0 fully saturated rings. The Hall–Kier alpha value is -0.960. The molecule has 0 radical (unpaired) electrons. The molecular formula is C11H15ClO3. The van der Waals surface area contributed by atoms with E-state index >= 15 is 0 Å². The number of furan rings is 1. The van der Waals surface area contributed by atoms with Gasteiger partial charge in [-0.1, -0.05) is 20.8 Å². The summed E-state index contributed by atoms with van der Waals surface area (Å²) in [6.45, 7) is 5.98. The summed E-state index contributed by atoms with van der Waals surface area (Å²) in [5.74, 6) is -1.09. The van der Waals surface area contributed by atoms with Crippen molar-refractivity contribution in [3.05, 3.63) is 23.1 Å². The molecule has 84 valence electrons. The van der Waals surface area contributed by atoms with Crippen LogP contribution < -0.4 is 0 Å². The lowest BCUT2D eigenvalue weighted by atomic mass is 9.83. The molecule has 0 amide bonds. The highest BCUT2D eigenvalue weighted by Crippen LogP contribution is 2.33. The maximum absolute atomic E-state index is 11.1. The van der Waals surface area contributed by atoms with Gasteiger partial charge in [-0.2, -0.15) is 0 Å². The Morgan fingerprint density at radius 2 is 2.13 bits per heavy atom. The fourth-order valence-corrected chi connectivity index (χ4v) is 1.59. The number of carboxylic acids is 1. The van der Waals surface area contributed by atoms with Crippen LogP contribution in [0.1, 0.15) is 38.9 Å². The number of rotatable bonds is 3. The van der Waals surface area contributed by atoms with E-state index in [9.17, 15) is 4.79 Å². The van der Waals surface area contributed by atoms with E-state index in [0.717, 1.165) is 0 Å². The molecule has 15 heavy (non-hydrogen) atoms. The normalized spacial score (nSPS) is 13.9. The molecule has 3 nitrogen and oxygen atoms in total. The van der Waals surface area contributed by atoms with Gasteiger partial charge in [0, 0.05) is 0 Å². The zero-order chi connectivity index (χ0) is 11.6. The molecule has 0 saturated carbocycles. The van der Waals surface area contributed by atoms with Crippen molar-refractivity contribution in [2.75, 3.05) is 0 Å². The molecule has 0 spiro atoms. The number of carboxylic acid groups (broad SMARTS) is 1. The van der Waals surface area contributed by atoms with Crippen LogP contribution >= 0.6 is 11.6 Å². The number of hydrogen-bond donors (Lipinski definition) is 1. The molecular weight excluding hydrogens is 216 g/mol. The van der Waals surface area contributed by atoms with Gasteiger partial charge in [0.2, 0.25) is 0 Å². The Kier molecular flexibility index (Phi) is 3.45. The lowest BCUT2D eigenvalue weighted by Crippen LogP contribution is -2.18. The minimum atomic E-state index is -0.879. The van der Waals surface area contributed by atoms with E-state index in [4.69, 9.17) is 21.1 Å². The second-order valence-electron chi connectivity index (χ2n) is 4.80. The van der Waals surface area contributed by atoms with Crippen LogP contribution in [-0.4, -0.2) is 11.1 Å². The third kappa shape index (κ3) is 3.59. The molecule has 1 aromatic rings. The number of hydrogen-bond acceptors (Lipinski definition) is 2. The summed E-state index contributed by atoms with van der Waals surface area (Å²) >= 11 is 5.62. The molecule has 1 atom stereocenters. The van der Waals surface area contributed by atoms with Gasteiger partial charge >= 0.3 is 5.97 Å². The molecule has 1 heterocycles. The van der Waals surface area contributed by atoms with Crippen molar-refractivity contribution in [3.63, 3.8) is 0 Å². The first-order valence-corrected chi connectivity index (χ1v) is 5.15. The molecule has 1 aromatic heterocycles. The Labute approximate surface area is 94.0 Å². The standard InChI is InChI=1S/C11H15ClO3/c1-11(2,3)6-7(10(13)14)8-4-5-9(12)15-8/h4-5,7H,6H2,1-3H3,(H,13,14). The Morgan fingerprint density at radius 3 is 2.47 bits per heavy atom. The van der Waals surface area contributed by atoms with Gasteiger partial charge in [0.25, 0.3) is 0 Å². The molecule has 1 unspecified atom stereocenters. The summed E-state index contributed by atoms with van der Waals surface area (Å²) < 4.78 is 5.14. The number of aliphatic carboxylic acids is 1. The summed E-state index contributed by atoms with van der Waals surface area (Å²) in [5, 5.41) is 9.32. The van der Waals surface area contributed by atoms with E-state index in [1.54, 1.807) is 12.1 Å². The average molecular weight is 231 g/mol. The average Bonchev–Trinajstić information content (AvgIpc) is 2.45. The molecule has 1 rings (SSSR count). The first-order valence-electron chi connectivity index (χ1n) is 4.77. The summed E-state index contributed by atoms with van der Waals surface area (Å²) in [6.07, 6.45) is 0.520. The Balaban J connectivity index is 2.89. The lowest BCUT2D eigenvalue weighted by molar-refractivity contribution is -0.140. The van der Waals surface area contributed by atoms with Crippen LogP contribution in [0, 0.1) is 5.41 Å². The van der Waals surface area contributed by atoms with Crippen LogP contribution in [0.5, 0.6) is 0 Å². The highest BCUT2D eigenvalue weighted by molar-refractivity contribution is 6.28. The highest BCUT2D eigenvalue weighted by Gasteiger charge is 2.28. The summed E-state index contributed by atoms with van der Waals surface area (Å²) in [7, 11) is 0. The lowest BCUT2D eigenvalue weighted by Gasteiger charge is -2.21. The van der Waals surface area contributed by atoms with Gasteiger partial charge in [-0.05, 0) is 35.6 Å². The third-order valence-corrected chi connectivity index (χ3v) is 2.26. The first-order chi connectivity index (χ1) is 6.79. The smallest absolute Gasteiger partial charge is 0.314 e. The van der Waals surface area contributed by atoms with Crippen molar-refractivity contribution in [1.29, 1.82) is 0 Å². The topological polar surface area (TPSA) is 50.4 Å². The summed E-state index contributed by atoms with van der Waals surface area (Å²) in [5.41, 5.74) is -0.0671. The monoisotopic (exact) mass is 230 g/mol. The van der Waals surface area contributed by atoms with E-state index in [-0.39, 0.29) is 10.6 Å². The molecule has 0 aliphatic rings. The van der Waals surface area contributed by atoms with Crippen LogP contribution in [0.3, 0.4) is 0 Å². The van der Waals surface area contributed by atoms with Crippen molar-refractivity contribution in [3.8, 4) is 0 Å². The summed E-state index contributed by atoms with van der Waals surface area (Å²) in [6, 6.07) is 3.18. The molecule has 0 aliphatic heterocycles. The SMILES string of the molecule is CC(C)(C)CC(C(=O)O)c1ccc(Cl)o1. The molecule has 0 bridgehead atoms. The van der Waals surface area contributed by atoms with Gasteiger partial charge in [0.05, 0.1) is 0 Å². The van der Waals surface area contributed by atoms with Crippen LogP contribution in [0.4, 0.5) is 0 Å². The fourth-order valence-electron chi connectivity index (χ4n) is 1.44. The molecule has 4 heteroatoms. The van der Waals surface area contributed by atoms with Crippen LogP contribution in [0.15, 0.2) is 16.5 Å². The fraction of sp³-hybridized carbons (Fsp3) is 0.545. The maximum atomic E-state index is 11.1. The van der Waals surface area contributed by atoms with E-state index in [1.165, 1.54) is 0 Å². The first kappa shape index (κ1) is 12.1. The zero-order valence-electron chi connectivity index (χ0n) is 9.08. The van der Waals surface area contributed by atoms with Gasteiger partial charge in [-0.3, -0.25) is 4.79 Å². The van der Waals surface area contributed by atoms with Crippen molar-refractivity contribution in [2.45, 2.75) is 33.1 Å². The molecule has 0 aromatic carbocycles. The quantitative estimate of drug-likeness (QED) is 0.864. The van der Waals surface area contributed by atoms with Crippen molar-refractivity contribution < 1.29 is 14.3 Å². The maximum Gasteiger partial charge on any atom is 0.314 e. The van der Waals surface area contributed by atoms with Crippen LogP contribution in [0.25, 0.3) is 0 Å². The second kappa shape index (κ2) is 4.27. The van der Waals surface area contributed by atoms with Crippen LogP contribution in [-0.2, 0) is 4.79 Å². The van der Waals surface area contributed by atoms with Crippen molar-refractivity contribution in [1.82, 2.24) is 0 Å². The minimum absolute atomic E-state index is 0.0671. The second-order valence-corrected chi connectivity index (χ2v) is 5.17. The van der Waals surface area contributed by atoms with Gasteiger partial charge in [0.15, 0.2) is 5.22 Å². The Bertz CT molecular complexity index is 349. The van der Waals surface area contributed by atoms with E-state index in [2.05, 4.69) is 0 Å². The zero-order valence-corrected chi connectivity index (χ0v) is 9.84. The van der Waals surface area contributed by atoms with Crippen molar-refractivity contribution >= 4 is 17.6 Å². The van der Waals surface area contributed by atoms with Crippen LogP contribution in [0.2, 0.25) is 5.22 Å². The molecule has 1 N–H and O–H groups in total.